The fourth-order valence-corrected chi connectivity index (χ4v) is 2.27. The molecule has 0 unspecified atom stereocenters. The number of phenols is 1. The molecule has 134 valence electrons. The molecule has 0 saturated heterocycles. The van der Waals surface area contributed by atoms with Gasteiger partial charge in [0.05, 0.1) is 11.7 Å². The minimum Gasteiger partial charge on any atom is -0.508 e. The number of phenolic OH excluding ortho intramolecular Hbond substituents is 1. The van der Waals surface area contributed by atoms with Crippen LogP contribution in [0.2, 0.25) is 0 Å². The molecule has 1 aromatic rings. The Kier molecular flexibility index (Phi) is 7.88. The number of hydrogen-bond acceptors (Lipinski definition) is 6. The number of carbonyl (C=O) groups is 2. The summed E-state index contributed by atoms with van der Waals surface area (Å²) in [6.45, 7) is 3.01. The number of aromatic hydroxyl groups is 1. The Morgan fingerprint density at radius 2 is 1.83 bits per heavy atom. The number of aliphatic hydroxyl groups is 2. The van der Waals surface area contributed by atoms with Crippen molar-refractivity contribution in [2.75, 3.05) is 6.61 Å². The Bertz CT molecular complexity index is 537. The summed E-state index contributed by atoms with van der Waals surface area (Å²) in [4.78, 5) is 24.2. The monoisotopic (exact) mass is 338 g/mol. The number of Topliss-reactive ketones (excluding diaryl/α,β-unsaturated/α-hetero) is 1. The first-order valence-corrected chi connectivity index (χ1v) is 8.18. The zero-order chi connectivity index (χ0) is 18.2. The lowest BCUT2D eigenvalue weighted by molar-refractivity contribution is -0.142. The number of ether oxygens (including phenoxy) is 1. The number of carbonyl (C=O) groups excluding carboxylic acids is 2. The molecule has 6 heteroatoms. The van der Waals surface area contributed by atoms with Crippen molar-refractivity contribution in [2.24, 2.45) is 0 Å². The van der Waals surface area contributed by atoms with Gasteiger partial charge in [-0.1, -0.05) is 19.8 Å². The van der Waals surface area contributed by atoms with Crippen molar-refractivity contribution in [2.45, 2.75) is 57.7 Å². The highest BCUT2D eigenvalue weighted by molar-refractivity contribution is 5.93. The van der Waals surface area contributed by atoms with E-state index in [2.05, 4.69) is 0 Å². The van der Waals surface area contributed by atoms with E-state index in [4.69, 9.17) is 4.74 Å². The maximum Gasteiger partial charge on any atom is 0.338 e. The first kappa shape index (κ1) is 20.1. The van der Waals surface area contributed by atoms with Gasteiger partial charge in [-0.2, -0.15) is 0 Å². The molecule has 6 nitrogen and oxygen atoms in total. The van der Waals surface area contributed by atoms with Crippen LogP contribution in [0.5, 0.6) is 5.75 Å². The molecule has 0 heterocycles. The topological polar surface area (TPSA) is 104 Å². The molecule has 3 N–H and O–H groups in total. The average molecular weight is 338 g/mol. The first-order chi connectivity index (χ1) is 11.3. The molecule has 1 rings (SSSR count). The van der Waals surface area contributed by atoms with Gasteiger partial charge in [-0.05, 0) is 50.5 Å². The van der Waals surface area contributed by atoms with Crippen molar-refractivity contribution >= 4 is 11.8 Å². The largest absolute Gasteiger partial charge is 0.508 e. The fraction of sp³-hybridized carbons (Fsp3) is 0.556. The van der Waals surface area contributed by atoms with E-state index in [0.717, 1.165) is 6.42 Å². The molecule has 0 spiro atoms. The summed E-state index contributed by atoms with van der Waals surface area (Å²) < 4.78 is 4.97. The second-order valence-corrected chi connectivity index (χ2v) is 6.07. The number of esters is 1. The van der Waals surface area contributed by atoms with Crippen LogP contribution in [-0.4, -0.2) is 45.4 Å². The van der Waals surface area contributed by atoms with E-state index in [1.807, 2.05) is 6.92 Å². The van der Waals surface area contributed by atoms with Gasteiger partial charge in [0, 0.05) is 0 Å². The van der Waals surface area contributed by atoms with Crippen LogP contribution in [0.15, 0.2) is 24.3 Å². The highest BCUT2D eigenvalue weighted by atomic mass is 16.5. The van der Waals surface area contributed by atoms with Gasteiger partial charge in [-0.3, -0.25) is 4.79 Å². The lowest BCUT2D eigenvalue weighted by Crippen LogP contribution is -2.42. The van der Waals surface area contributed by atoms with E-state index in [1.54, 1.807) is 6.92 Å². The Balaban J connectivity index is 2.66. The van der Waals surface area contributed by atoms with Gasteiger partial charge in [0.2, 0.25) is 5.78 Å². The summed E-state index contributed by atoms with van der Waals surface area (Å²) in [6, 6.07) is 5.47. The van der Waals surface area contributed by atoms with Crippen molar-refractivity contribution in [3.8, 4) is 5.75 Å². The average Bonchev–Trinajstić information content (AvgIpc) is 2.56. The smallest absolute Gasteiger partial charge is 0.338 e. The normalized spacial score (nSPS) is 14.7. The lowest BCUT2D eigenvalue weighted by atomic mass is 9.86. The number of ketones is 1. The number of aliphatic hydroxyl groups excluding tert-OH is 1. The Morgan fingerprint density at radius 3 is 2.38 bits per heavy atom. The van der Waals surface area contributed by atoms with Crippen LogP contribution in [0.4, 0.5) is 0 Å². The third kappa shape index (κ3) is 6.29. The van der Waals surface area contributed by atoms with Gasteiger partial charge in [-0.25, -0.2) is 4.79 Å². The van der Waals surface area contributed by atoms with Crippen LogP contribution in [0.3, 0.4) is 0 Å². The van der Waals surface area contributed by atoms with Crippen molar-refractivity contribution in [1.82, 2.24) is 0 Å². The summed E-state index contributed by atoms with van der Waals surface area (Å²) in [6.07, 6.45) is 1.54. The van der Waals surface area contributed by atoms with Gasteiger partial charge in [0.1, 0.15) is 11.4 Å². The first-order valence-electron chi connectivity index (χ1n) is 8.18. The molecule has 2 atom stereocenters. The standard InChI is InChI=1S/C18H26O6/c1-3-4-10-18(23,11-9-13(2)19)16(21)12-24-17(22)14-5-7-15(20)8-6-14/h5-8,13,19-20,23H,3-4,9-12H2,1-2H3/t13-,18-/m1/s1. The van der Waals surface area contributed by atoms with E-state index in [0.29, 0.717) is 6.42 Å². The predicted octanol–water partition coefficient (Wildman–Crippen LogP) is 2.20. The van der Waals surface area contributed by atoms with Gasteiger partial charge < -0.3 is 20.1 Å². The summed E-state index contributed by atoms with van der Waals surface area (Å²) in [5.41, 5.74) is -1.39. The second kappa shape index (κ2) is 9.39. The third-order valence-corrected chi connectivity index (χ3v) is 3.88. The number of hydrogen-bond donors (Lipinski definition) is 3. The molecule has 0 radical (unpaired) electrons. The number of unbranched alkanes of at least 4 members (excludes halogenated alkanes) is 1. The molecule has 1 aromatic carbocycles. The number of rotatable bonds is 10. The second-order valence-electron chi connectivity index (χ2n) is 6.07. The molecule has 0 amide bonds. The lowest BCUT2D eigenvalue weighted by Gasteiger charge is -2.27. The fourth-order valence-electron chi connectivity index (χ4n) is 2.27. The van der Waals surface area contributed by atoms with Crippen molar-refractivity contribution < 1.29 is 29.6 Å². The molecule has 0 aliphatic heterocycles. The molecule has 0 aromatic heterocycles. The highest BCUT2D eigenvalue weighted by Gasteiger charge is 2.35. The summed E-state index contributed by atoms with van der Waals surface area (Å²) in [7, 11) is 0. The molecule has 0 fully saturated rings. The van der Waals surface area contributed by atoms with E-state index >= 15 is 0 Å². The zero-order valence-corrected chi connectivity index (χ0v) is 14.2. The highest BCUT2D eigenvalue weighted by Crippen LogP contribution is 2.23. The molecule has 0 saturated carbocycles. The summed E-state index contributed by atoms with van der Waals surface area (Å²) in [5.74, 6) is -1.24. The van der Waals surface area contributed by atoms with E-state index in [9.17, 15) is 24.9 Å². The van der Waals surface area contributed by atoms with E-state index in [-0.39, 0.29) is 30.6 Å². The Labute approximate surface area is 142 Å². The van der Waals surface area contributed by atoms with Crippen LogP contribution in [0.25, 0.3) is 0 Å². The van der Waals surface area contributed by atoms with Crippen LogP contribution in [0, 0.1) is 0 Å². The number of benzene rings is 1. The zero-order valence-electron chi connectivity index (χ0n) is 14.2. The van der Waals surface area contributed by atoms with Crippen molar-refractivity contribution in [3.63, 3.8) is 0 Å². The van der Waals surface area contributed by atoms with Gasteiger partial charge >= 0.3 is 5.97 Å². The van der Waals surface area contributed by atoms with E-state index in [1.165, 1.54) is 24.3 Å². The van der Waals surface area contributed by atoms with Crippen LogP contribution in [0.1, 0.15) is 56.3 Å². The van der Waals surface area contributed by atoms with Crippen molar-refractivity contribution in [1.29, 1.82) is 0 Å². The molecule has 0 aliphatic carbocycles. The maximum atomic E-state index is 12.3. The van der Waals surface area contributed by atoms with E-state index < -0.39 is 30.1 Å². The Morgan fingerprint density at radius 1 is 1.21 bits per heavy atom. The van der Waals surface area contributed by atoms with Crippen molar-refractivity contribution in [3.05, 3.63) is 29.8 Å². The predicted molar refractivity (Wildman–Crippen MR) is 88.8 cm³/mol. The summed E-state index contributed by atoms with van der Waals surface area (Å²) in [5, 5.41) is 29.2. The maximum absolute atomic E-state index is 12.3. The molecule has 0 bridgehead atoms. The van der Waals surface area contributed by atoms with Gasteiger partial charge in [0.15, 0.2) is 6.61 Å². The Hall–Kier alpha value is -1.92. The van der Waals surface area contributed by atoms with Crippen LogP contribution >= 0.6 is 0 Å². The molecule has 0 aliphatic rings. The molecular formula is C18H26O6. The van der Waals surface area contributed by atoms with Crippen LogP contribution in [-0.2, 0) is 9.53 Å². The quantitative estimate of drug-likeness (QED) is 0.565. The summed E-state index contributed by atoms with van der Waals surface area (Å²) >= 11 is 0. The van der Waals surface area contributed by atoms with Crippen LogP contribution < -0.4 is 0 Å². The minimum absolute atomic E-state index is 0.0229. The SMILES string of the molecule is CCCC[C@@](O)(CC[C@@H](C)O)C(=O)COC(=O)c1ccc(O)cc1. The third-order valence-electron chi connectivity index (χ3n) is 3.88. The molecule has 24 heavy (non-hydrogen) atoms. The molecular weight excluding hydrogens is 312 g/mol. The minimum atomic E-state index is -1.60. The van der Waals surface area contributed by atoms with Gasteiger partial charge in [0.25, 0.3) is 0 Å². The van der Waals surface area contributed by atoms with Gasteiger partial charge in [-0.15, -0.1) is 0 Å².